The van der Waals surface area contributed by atoms with E-state index in [2.05, 4.69) is 15.9 Å². The Bertz CT molecular complexity index is 403. The van der Waals surface area contributed by atoms with Crippen molar-refractivity contribution in [3.8, 4) is 0 Å². The first-order valence-electron chi connectivity index (χ1n) is 5.91. The Balaban J connectivity index is 2.20. The molecule has 0 spiro atoms. The number of rotatable bonds is 2. The van der Waals surface area contributed by atoms with Crippen molar-refractivity contribution >= 4 is 21.8 Å². The van der Waals surface area contributed by atoms with Gasteiger partial charge in [-0.2, -0.15) is 0 Å². The summed E-state index contributed by atoms with van der Waals surface area (Å²) >= 11 is 3.25. The average molecular weight is 301 g/mol. The lowest BCUT2D eigenvalue weighted by Crippen LogP contribution is -2.51. The zero-order valence-corrected chi connectivity index (χ0v) is 11.4. The molecule has 1 aliphatic rings. The molecule has 2 atom stereocenters. The maximum atomic E-state index is 12.4. The van der Waals surface area contributed by atoms with E-state index in [-0.39, 0.29) is 18.0 Å². The highest BCUT2D eigenvalue weighted by atomic mass is 79.9. The van der Waals surface area contributed by atoms with E-state index in [4.69, 9.17) is 10.2 Å². The molecule has 0 aromatic carbocycles. The maximum Gasteiger partial charge on any atom is 0.258 e. The molecule has 94 valence electrons. The molecule has 1 saturated heterocycles. The van der Waals surface area contributed by atoms with Gasteiger partial charge in [0.05, 0.1) is 11.8 Å². The second-order valence-electron chi connectivity index (χ2n) is 4.53. The van der Waals surface area contributed by atoms with Gasteiger partial charge in [-0.3, -0.25) is 4.79 Å². The van der Waals surface area contributed by atoms with Gasteiger partial charge in [-0.15, -0.1) is 0 Å². The van der Waals surface area contributed by atoms with Crippen LogP contribution in [0, 0.1) is 0 Å². The lowest BCUT2D eigenvalue weighted by atomic mass is 9.96. The maximum absolute atomic E-state index is 12.4. The molecule has 2 N–H and O–H groups in total. The van der Waals surface area contributed by atoms with Gasteiger partial charge in [0.15, 0.2) is 4.67 Å². The van der Waals surface area contributed by atoms with Gasteiger partial charge in [-0.25, -0.2) is 0 Å². The molecule has 0 radical (unpaired) electrons. The highest BCUT2D eigenvalue weighted by Gasteiger charge is 2.31. The number of furan rings is 1. The van der Waals surface area contributed by atoms with Gasteiger partial charge in [-0.1, -0.05) is 0 Å². The van der Waals surface area contributed by atoms with Crippen LogP contribution < -0.4 is 5.73 Å². The number of amides is 1. The van der Waals surface area contributed by atoms with E-state index in [1.54, 1.807) is 6.07 Å². The van der Waals surface area contributed by atoms with Gasteiger partial charge >= 0.3 is 0 Å². The standard InChI is InChI=1S/C12H17BrN2O2/c1-8(14)10-4-2-3-6-15(10)12(16)9-5-7-17-11(9)13/h5,7-8,10H,2-4,6,14H2,1H3. The lowest BCUT2D eigenvalue weighted by Gasteiger charge is -2.37. The summed E-state index contributed by atoms with van der Waals surface area (Å²) in [6.07, 6.45) is 4.69. The topological polar surface area (TPSA) is 59.5 Å². The van der Waals surface area contributed by atoms with Gasteiger partial charge in [0.25, 0.3) is 5.91 Å². The van der Waals surface area contributed by atoms with Crippen LogP contribution in [-0.4, -0.2) is 29.4 Å². The second kappa shape index (κ2) is 5.23. The lowest BCUT2D eigenvalue weighted by molar-refractivity contribution is 0.0582. The van der Waals surface area contributed by atoms with Crippen molar-refractivity contribution in [2.45, 2.75) is 38.3 Å². The number of carbonyl (C=O) groups is 1. The number of likely N-dealkylation sites (tertiary alicyclic amines) is 1. The summed E-state index contributed by atoms with van der Waals surface area (Å²) in [6, 6.07) is 1.84. The Kier molecular flexibility index (Phi) is 3.89. The molecule has 1 aromatic rings. The van der Waals surface area contributed by atoms with Gasteiger partial charge < -0.3 is 15.1 Å². The zero-order chi connectivity index (χ0) is 12.4. The van der Waals surface area contributed by atoms with E-state index in [0.717, 1.165) is 25.8 Å². The summed E-state index contributed by atoms with van der Waals surface area (Å²) < 4.78 is 5.61. The molecule has 17 heavy (non-hydrogen) atoms. The summed E-state index contributed by atoms with van der Waals surface area (Å²) in [4.78, 5) is 14.3. The highest BCUT2D eigenvalue weighted by Crippen LogP contribution is 2.25. The Hall–Kier alpha value is -0.810. The molecule has 2 unspecified atom stereocenters. The van der Waals surface area contributed by atoms with E-state index in [9.17, 15) is 4.79 Å². The number of hydrogen-bond acceptors (Lipinski definition) is 3. The number of halogens is 1. The molecule has 0 saturated carbocycles. The van der Waals surface area contributed by atoms with Crippen molar-refractivity contribution in [3.05, 3.63) is 22.6 Å². The summed E-state index contributed by atoms with van der Waals surface area (Å²) in [5.74, 6) is 0.00706. The van der Waals surface area contributed by atoms with Crippen LogP contribution in [0.25, 0.3) is 0 Å². The van der Waals surface area contributed by atoms with E-state index in [1.165, 1.54) is 6.26 Å². The van der Waals surface area contributed by atoms with E-state index in [0.29, 0.717) is 10.2 Å². The predicted octanol–water partition coefficient (Wildman–Crippen LogP) is 2.38. The monoisotopic (exact) mass is 300 g/mol. The number of nitrogens with zero attached hydrogens (tertiary/aromatic N) is 1. The Morgan fingerprint density at radius 3 is 3.00 bits per heavy atom. The molecule has 0 aliphatic carbocycles. The van der Waals surface area contributed by atoms with Gasteiger partial charge in [0, 0.05) is 18.6 Å². The Morgan fingerprint density at radius 1 is 1.65 bits per heavy atom. The fourth-order valence-electron chi connectivity index (χ4n) is 2.36. The van der Waals surface area contributed by atoms with Crippen LogP contribution in [0.1, 0.15) is 36.5 Å². The van der Waals surface area contributed by atoms with Crippen LogP contribution in [-0.2, 0) is 0 Å². The number of carbonyl (C=O) groups excluding carboxylic acids is 1. The molecule has 5 heteroatoms. The van der Waals surface area contributed by atoms with Gasteiger partial charge in [0.1, 0.15) is 0 Å². The zero-order valence-electron chi connectivity index (χ0n) is 9.86. The Labute approximate surface area is 109 Å². The van der Waals surface area contributed by atoms with Crippen molar-refractivity contribution in [1.82, 2.24) is 4.90 Å². The SMILES string of the molecule is CC(N)C1CCCCN1C(=O)c1ccoc1Br. The summed E-state index contributed by atoms with van der Waals surface area (Å²) in [5, 5.41) is 0. The minimum atomic E-state index is 0.00456. The molecule has 1 aromatic heterocycles. The number of hydrogen-bond donors (Lipinski definition) is 1. The van der Waals surface area contributed by atoms with Crippen molar-refractivity contribution in [2.24, 2.45) is 5.73 Å². The molecular weight excluding hydrogens is 284 g/mol. The smallest absolute Gasteiger partial charge is 0.258 e. The van der Waals surface area contributed by atoms with E-state index in [1.807, 2.05) is 11.8 Å². The Morgan fingerprint density at radius 2 is 2.41 bits per heavy atom. The fourth-order valence-corrected chi connectivity index (χ4v) is 2.77. The van der Waals surface area contributed by atoms with Crippen LogP contribution in [0.2, 0.25) is 0 Å². The first kappa shape index (κ1) is 12.6. The second-order valence-corrected chi connectivity index (χ2v) is 5.25. The minimum absolute atomic E-state index is 0.00456. The molecule has 2 rings (SSSR count). The van der Waals surface area contributed by atoms with Crippen LogP contribution in [0.5, 0.6) is 0 Å². The third kappa shape index (κ3) is 2.55. The summed E-state index contributed by atoms with van der Waals surface area (Å²) in [7, 11) is 0. The fraction of sp³-hybridized carbons (Fsp3) is 0.583. The third-order valence-electron chi connectivity index (χ3n) is 3.27. The van der Waals surface area contributed by atoms with Crippen molar-refractivity contribution in [1.29, 1.82) is 0 Å². The summed E-state index contributed by atoms with van der Waals surface area (Å²) in [5.41, 5.74) is 6.54. The van der Waals surface area contributed by atoms with Crippen LogP contribution in [0.3, 0.4) is 0 Å². The molecule has 2 heterocycles. The number of nitrogens with two attached hydrogens (primary N) is 1. The minimum Gasteiger partial charge on any atom is -0.457 e. The molecule has 1 aliphatic heterocycles. The van der Waals surface area contributed by atoms with Crippen molar-refractivity contribution < 1.29 is 9.21 Å². The summed E-state index contributed by atoms with van der Waals surface area (Å²) in [6.45, 7) is 2.74. The molecule has 4 nitrogen and oxygen atoms in total. The molecule has 1 fully saturated rings. The highest BCUT2D eigenvalue weighted by molar-refractivity contribution is 9.10. The van der Waals surface area contributed by atoms with Gasteiger partial charge in [-0.05, 0) is 48.2 Å². The molecule has 1 amide bonds. The van der Waals surface area contributed by atoms with Gasteiger partial charge in [0.2, 0.25) is 0 Å². The largest absolute Gasteiger partial charge is 0.457 e. The van der Waals surface area contributed by atoms with Crippen LogP contribution in [0.4, 0.5) is 0 Å². The number of piperidine rings is 1. The predicted molar refractivity (Wildman–Crippen MR) is 68.7 cm³/mol. The van der Waals surface area contributed by atoms with Crippen molar-refractivity contribution in [3.63, 3.8) is 0 Å². The van der Waals surface area contributed by atoms with Crippen molar-refractivity contribution in [2.75, 3.05) is 6.54 Å². The van der Waals surface area contributed by atoms with Crippen LogP contribution in [0.15, 0.2) is 21.4 Å². The average Bonchev–Trinajstić information content (AvgIpc) is 2.74. The molecular formula is C12H17BrN2O2. The van der Waals surface area contributed by atoms with E-state index < -0.39 is 0 Å². The molecule has 0 bridgehead atoms. The third-order valence-corrected chi connectivity index (χ3v) is 3.88. The quantitative estimate of drug-likeness (QED) is 0.912. The van der Waals surface area contributed by atoms with Crippen LogP contribution >= 0.6 is 15.9 Å². The first-order valence-corrected chi connectivity index (χ1v) is 6.70. The normalized spacial score (nSPS) is 22.5. The first-order chi connectivity index (χ1) is 8.11. The van der Waals surface area contributed by atoms with E-state index >= 15 is 0 Å².